The van der Waals surface area contributed by atoms with E-state index in [-0.39, 0.29) is 11.0 Å². The second kappa shape index (κ2) is 5.13. The molecule has 1 amide bonds. The van der Waals surface area contributed by atoms with Gasteiger partial charge >= 0.3 is 0 Å². The first-order chi connectivity index (χ1) is 10.1. The molecule has 1 N–H and O–H groups in total. The van der Waals surface area contributed by atoms with Crippen molar-refractivity contribution in [3.63, 3.8) is 0 Å². The second-order valence-electron chi connectivity index (χ2n) is 8.18. The summed E-state index contributed by atoms with van der Waals surface area (Å²) in [6.45, 7) is 1.43. The molecule has 4 aliphatic carbocycles. The van der Waals surface area contributed by atoms with E-state index in [0.717, 1.165) is 49.9 Å². The summed E-state index contributed by atoms with van der Waals surface area (Å²) in [5.41, 5.74) is -0.285. The summed E-state index contributed by atoms with van der Waals surface area (Å²) in [5.74, 6) is 3.24. The van der Waals surface area contributed by atoms with Crippen molar-refractivity contribution in [2.45, 2.75) is 56.9 Å². The van der Waals surface area contributed by atoms with E-state index >= 15 is 0 Å². The van der Waals surface area contributed by atoms with Crippen molar-refractivity contribution in [3.8, 4) is 0 Å². The molecule has 5 fully saturated rings. The predicted molar refractivity (Wildman–Crippen MR) is 82.3 cm³/mol. The first kappa shape index (κ1) is 14.3. The van der Waals surface area contributed by atoms with Gasteiger partial charge in [-0.3, -0.25) is 4.79 Å². The lowest BCUT2D eigenvalue weighted by atomic mass is 9.49. The number of alkyl halides is 1. The Morgan fingerprint density at radius 1 is 1.05 bits per heavy atom. The van der Waals surface area contributed by atoms with Crippen LogP contribution in [0.4, 0.5) is 0 Å². The van der Waals surface area contributed by atoms with Crippen molar-refractivity contribution in [2.75, 3.05) is 19.1 Å². The Morgan fingerprint density at radius 3 is 2.05 bits per heavy atom. The molecule has 1 saturated heterocycles. The van der Waals surface area contributed by atoms with Gasteiger partial charge in [0.25, 0.3) is 0 Å². The maximum atomic E-state index is 13.1. The molecular weight excluding hydrogens is 286 g/mol. The second-order valence-corrected chi connectivity index (χ2v) is 8.45. The fraction of sp³-hybridized carbons (Fsp3) is 0.941. The van der Waals surface area contributed by atoms with Crippen LogP contribution in [0.5, 0.6) is 0 Å². The number of carbonyl (C=O) groups excluding carboxylic acids is 1. The Balaban J connectivity index is 1.52. The number of hydrogen-bond acceptors (Lipinski definition) is 2. The Hall–Kier alpha value is -0.280. The van der Waals surface area contributed by atoms with E-state index in [1.165, 1.54) is 19.3 Å². The van der Waals surface area contributed by atoms with Gasteiger partial charge in [0.05, 0.1) is 5.54 Å². The molecule has 3 nitrogen and oxygen atoms in total. The van der Waals surface area contributed by atoms with E-state index in [1.807, 2.05) is 0 Å². The van der Waals surface area contributed by atoms with Gasteiger partial charge in [0.15, 0.2) is 0 Å². The van der Waals surface area contributed by atoms with E-state index in [4.69, 9.17) is 16.3 Å². The lowest BCUT2D eigenvalue weighted by Crippen LogP contribution is -2.60. The van der Waals surface area contributed by atoms with Gasteiger partial charge in [0, 0.05) is 24.5 Å². The van der Waals surface area contributed by atoms with Gasteiger partial charge in [-0.15, -0.1) is 11.6 Å². The molecule has 0 spiro atoms. The number of carbonyl (C=O) groups is 1. The van der Waals surface area contributed by atoms with Gasteiger partial charge in [-0.2, -0.15) is 0 Å². The maximum absolute atomic E-state index is 13.1. The zero-order chi connectivity index (χ0) is 14.5. The first-order valence-electron chi connectivity index (χ1n) is 8.59. The highest BCUT2D eigenvalue weighted by Gasteiger charge is 2.55. The fourth-order valence-corrected chi connectivity index (χ4v) is 6.15. The van der Waals surface area contributed by atoms with Crippen LogP contribution in [0.25, 0.3) is 0 Å². The van der Waals surface area contributed by atoms with Gasteiger partial charge in [-0.25, -0.2) is 0 Å². The number of ether oxygens (including phenoxy) is 1. The largest absolute Gasteiger partial charge is 0.381 e. The SMILES string of the molecule is O=C(NC1(CCl)CCOCC1)C12CC3CC(CC(C3)C1)C2. The van der Waals surface area contributed by atoms with E-state index in [2.05, 4.69) is 5.32 Å². The molecule has 5 rings (SSSR count). The average Bonchev–Trinajstić information content (AvgIpc) is 2.47. The highest BCUT2D eigenvalue weighted by molar-refractivity contribution is 6.18. The van der Waals surface area contributed by atoms with Crippen molar-refractivity contribution in [1.29, 1.82) is 0 Å². The number of nitrogens with one attached hydrogen (secondary N) is 1. The zero-order valence-electron chi connectivity index (χ0n) is 12.7. The average molecular weight is 312 g/mol. The highest BCUT2D eigenvalue weighted by Crippen LogP contribution is 2.60. The number of amides is 1. The van der Waals surface area contributed by atoms with Crippen LogP contribution < -0.4 is 5.32 Å². The minimum atomic E-state index is -0.222. The quantitative estimate of drug-likeness (QED) is 0.813. The van der Waals surface area contributed by atoms with Crippen molar-refractivity contribution < 1.29 is 9.53 Å². The van der Waals surface area contributed by atoms with E-state index in [0.29, 0.717) is 25.0 Å². The summed E-state index contributed by atoms with van der Waals surface area (Å²) in [4.78, 5) is 13.1. The molecular formula is C17H26ClNO2. The lowest BCUT2D eigenvalue weighted by Gasteiger charge is -2.56. The van der Waals surface area contributed by atoms with Gasteiger partial charge in [0.1, 0.15) is 0 Å². The molecule has 0 unspecified atom stereocenters. The third-order valence-corrected chi connectivity index (χ3v) is 7.12. The molecule has 0 atom stereocenters. The molecule has 0 aromatic heterocycles. The molecule has 0 aromatic rings. The topological polar surface area (TPSA) is 38.3 Å². The molecule has 118 valence electrons. The Labute approximate surface area is 132 Å². The monoisotopic (exact) mass is 311 g/mol. The smallest absolute Gasteiger partial charge is 0.226 e. The number of halogens is 1. The van der Waals surface area contributed by atoms with Crippen LogP contribution in [0.1, 0.15) is 51.4 Å². The van der Waals surface area contributed by atoms with Crippen LogP contribution in [0.2, 0.25) is 0 Å². The summed E-state index contributed by atoms with van der Waals surface area (Å²) in [6.07, 6.45) is 9.21. The Bertz CT molecular complexity index is 395. The van der Waals surface area contributed by atoms with Gasteiger partial charge < -0.3 is 10.1 Å². The molecule has 1 aliphatic heterocycles. The minimum absolute atomic E-state index is 0.0634. The van der Waals surface area contributed by atoms with Crippen LogP contribution in [-0.2, 0) is 9.53 Å². The first-order valence-corrected chi connectivity index (χ1v) is 9.13. The van der Waals surface area contributed by atoms with Gasteiger partial charge in [0.2, 0.25) is 5.91 Å². The van der Waals surface area contributed by atoms with Crippen LogP contribution in [-0.4, -0.2) is 30.5 Å². The third-order valence-electron chi connectivity index (χ3n) is 6.60. The molecule has 5 aliphatic rings. The zero-order valence-corrected chi connectivity index (χ0v) is 13.5. The molecule has 4 heteroatoms. The normalized spacial score (nSPS) is 43.8. The Morgan fingerprint density at radius 2 is 1.57 bits per heavy atom. The molecule has 4 saturated carbocycles. The van der Waals surface area contributed by atoms with Crippen molar-refractivity contribution in [3.05, 3.63) is 0 Å². The van der Waals surface area contributed by atoms with Crippen molar-refractivity contribution in [1.82, 2.24) is 5.32 Å². The molecule has 4 bridgehead atoms. The van der Waals surface area contributed by atoms with Crippen molar-refractivity contribution >= 4 is 17.5 Å². The predicted octanol–water partition coefficient (Wildman–Crippen LogP) is 3.11. The molecule has 21 heavy (non-hydrogen) atoms. The summed E-state index contributed by atoms with van der Waals surface area (Å²) in [6, 6.07) is 0. The number of rotatable bonds is 3. The maximum Gasteiger partial charge on any atom is 0.226 e. The van der Waals surface area contributed by atoms with Crippen LogP contribution in [0, 0.1) is 23.2 Å². The van der Waals surface area contributed by atoms with Crippen LogP contribution in [0.15, 0.2) is 0 Å². The van der Waals surface area contributed by atoms with Gasteiger partial charge in [-0.1, -0.05) is 0 Å². The standard InChI is InChI=1S/C17H26ClNO2/c18-11-17(1-3-21-4-2-17)19-15(20)16-8-12-5-13(9-16)7-14(6-12)10-16/h12-14H,1-11H2,(H,19,20). The summed E-state index contributed by atoms with van der Waals surface area (Å²) in [5, 5.41) is 3.39. The molecule has 0 radical (unpaired) electrons. The fourth-order valence-electron chi connectivity index (χ4n) is 5.82. The summed E-state index contributed by atoms with van der Waals surface area (Å²) >= 11 is 6.22. The number of hydrogen-bond donors (Lipinski definition) is 1. The summed E-state index contributed by atoms with van der Waals surface area (Å²) < 4.78 is 5.45. The van der Waals surface area contributed by atoms with Crippen molar-refractivity contribution in [2.24, 2.45) is 23.2 Å². The Kier molecular flexibility index (Phi) is 3.50. The molecule has 1 heterocycles. The third kappa shape index (κ3) is 2.41. The van der Waals surface area contributed by atoms with E-state index in [1.54, 1.807) is 0 Å². The summed E-state index contributed by atoms with van der Waals surface area (Å²) in [7, 11) is 0. The molecule has 0 aromatic carbocycles. The van der Waals surface area contributed by atoms with Gasteiger partial charge in [-0.05, 0) is 69.1 Å². The van der Waals surface area contributed by atoms with Crippen LogP contribution >= 0.6 is 11.6 Å². The van der Waals surface area contributed by atoms with E-state index < -0.39 is 0 Å². The lowest BCUT2D eigenvalue weighted by molar-refractivity contribution is -0.149. The highest BCUT2D eigenvalue weighted by atomic mass is 35.5. The van der Waals surface area contributed by atoms with Crippen LogP contribution in [0.3, 0.4) is 0 Å². The van der Waals surface area contributed by atoms with E-state index in [9.17, 15) is 4.79 Å². The minimum Gasteiger partial charge on any atom is -0.381 e.